The number of carbonyl (C=O) groups is 3. The van der Waals surface area contributed by atoms with Gasteiger partial charge in [-0.2, -0.15) is 0 Å². The molecule has 0 fully saturated rings. The highest BCUT2D eigenvalue weighted by Crippen LogP contribution is 2.32. The fraction of sp³-hybridized carbons (Fsp3) is 0.577. The first kappa shape index (κ1) is 30.1. The summed E-state index contributed by atoms with van der Waals surface area (Å²) in [5.74, 6) is -0.691. The number of nitrogens with one attached hydrogen (secondary N) is 3. The average Bonchev–Trinajstić information content (AvgIpc) is 3.10. The zero-order chi connectivity index (χ0) is 26.5. The lowest BCUT2D eigenvalue weighted by Crippen LogP contribution is -2.38. The van der Waals surface area contributed by atoms with E-state index in [0.717, 1.165) is 35.5 Å². The van der Waals surface area contributed by atoms with Crippen LogP contribution >= 0.6 is 0 Å². The Balaban J connectivity index is 0.000000420. The van der Waals surface area contributed by atoms with Crippen LogP contribution < -0.4 is 16.0 Å². The van der Waals surface area contributed by atoms with Crippen LogP contribution in [-0.2, 0) is 19.1 Å². The maximum absolute atomic E-state index is 12.7. The Morgan fingerprint density at radius 3 is 2.46 bits per heavy atom. The second kappa shape index (κ2) is 15.1. The number of amides is 3. The first-order valence-corrected chi connectivity index (χ1v) is 12.2. The van der Waals surface area contributed by atoms with Gasteiger partial charge in [0.25, 0.3) is 0 Å². The number of carbonyl (C=O) groups excluding carboxylic acids is 3. The van der Waals surface area contributed by atoms with Crippen LogP contribution in [0.15, 0.2) is 29.5 Å². The molecule has 1 aromatic rings. The van der Waals surface area contributed by atoms with Crippen molar-refractivity contribution in [3.05, 3.63) is 40.8 Å². The molecule has 3 N–H and O–H groups in total. The lowest BCUT2D eigenvalue weighted by Gasteiger charge is -2.20. The molecule has 8 nitrogen and oxygen atoms in total. The second-order valence-corrected chi connectivity index (χ2v) is 8.61. The monoisotopic (exact) mass is 492 g/mol. The maximum atomic E-state index is 12.7. The van der Waals surface area contributed by atoms with Crippen molar-refractivity contribution in [2.75, 3.05) is 39.1 Å². The Morgan fingerprint density at radius 2 is 1.89 bits per heavy atom. The number of fused-ring (bicyclic) bond motifs is 1. The van der Waals surface area contributed by atoms with Gasteiger partial charge in [-0.1, -0.05) is 13.8 Å². The van der Waals surface area contributed by atoms with E-state index in [-0.39, 0.29) is 42.0 Å². The molecule has 1 aliphatic heterocycles. The molecule has 0 saturated carbocycles. The van der Waals surface area contributed by atoms with Crippen LogP contribution in [0.25, 0.3) is 0 Å². The van der Waals surface area contributed by atoms with E-state index < -0.39 is 0 Å². The van der Waals surface area contributed by atoms with Gasteiger partial charge < -0.3 is 25.6 Å². The summed E-state index contributed by atoms with van der Waals surface area (Å²) in [5.41, 5.74) is 3.13. The number of nitrogens with zero attached hydrogens (tertiary/aromatic N) is 1. The fourth-order valence-corrected chi connectivity index (χ4v) is 3.52. The van der Waals surface area contributed by atoms with Gasteiger partial charge in [0.1, 0.15) is 5.82 Å². The summed E-state index contributed by atoms with van der Waals surface area (Å²) in [6.07, 6.45) is 1.62. The van der Waals surface area contributed by atoms with E-state index in [0.29, 0.717) is 19.6 Å². The summed E-state index contributed by atoms with van der Waals surface area (Å²) in [6, 6.07) is 4.33. The summed E-state index contributed by atoms with van der Waals surface area (Å²) >= 11 is 0. The Bertz CT molecular complexity index is 901. The molecule has 3 amide bonds. The molecule has 1 heterocycles. The van der Waals surface area contributed by atoms with Gasteiger partial charge in [-0.05, 0) is 57.4 Å². The fourth-order valence-electron chi connectivity index (χ4n) is 3.52. The first-order chi connectivity index (χ1) is 16.5. The summed E-state index contributed by atoms with van der Waals surface area (Å²) in [6.45, 7) is 11.3. The molecule has 0 saturated heterocycles. The molecule has 0 bridgehead atoms. The van der Waals surface area contributed by atoms with Crippen LogP contribution in [0.2, 0.25) is 0 Å². The smallest absolute Gasteiger partial charge is 0.249 e. The predicted molar refractivity (Wildman–Crippen MR) is 136 cm³/mol. The molecule has 0 spiro atoms. The number of benzene rings is 1. The quantitative estimate of drug-likeness (QED) is 0.410. The number of allylic oxidation sites excluding steroid dienone is 1. The Morgan fingerprint density at radius 1 is 1.20 bits per heavy atom. The van der Waals surface area contributed by atoms with E-state index in [9.17, 15) is 18.8 Å². The molecule has 0 aromatic heterocycles. The third-order valence-electron chi connectivity index (χ3n) is 5.65. The van der Waals surface area contributed by atoms with Crippen LogP contribution in [0.4, 0.5) is 10.1 Å². The minimum Gasteiger partial charge on any atom is -0.388 e. The maximum Gasteiger partial charge on any atom is 0.249 e. The van der Waals surface area contributed by atoms with Gasteiger partial charge in [0.15, 0.2) is 0 Å². The highest BCUT2D eigenvalue weighted by atomic mass is 19.1. The van der Waals surface area contributed by atoms with E-state index in [4.69, 9.17) is 4.74 Å². The van der Waals surface area contributed by atoms with Crippen LogP contribution in [0.3, 0.4) is 0 Å². The molecule has 2 rings (SSSR count). The van der Waals surface area contributed by atoms with Crippen molar-refractivity contribution in [1.82, 2.24) is 15.5 Å². The molecular formula is C26H41FN4O4. The number of ether oxygens (including phenoxy) is 1. The molecule has 0 radical (unpaired) electrons. The van der Waals surface area contributed by atoms with Gasteiger partial charge in [0.05, 0.1) is 18.4 Å². The van der Waals surface area contributed by atoms with Gasteiger partial charge in [-0.25, -0.2) is 4.39 Å². The zero-order valence-corrected chi connectivity index (χ0v) is 22.1. The largest absolute Gasteiger partial charge is 0.388 e. The average molecular weight is 493 g/mol. The van der Waals surface area contributed by atoms with Crippen molar-refractivity contribution in [2.24, 2.45) is 0 Å². The number of halogens is 1. The third kappa shape index (κ3) is 9.68. The number of hydrogen-bond acceptors (Lipinski definition) is 5. The van der Waals surface area contributed by atoms with Crippen molar-refractivity contribution in [3.8, 4) is 0 Å². The van der Waals surface area contributed by atoms with Crippen molar-refractivity contribution >= 4 is 23.4 Å². The van der Waals surface area contributed by atoms with Gasteiger partial charge in [-0.3, -0.25) is 14.4 Å². The SMILES string of the molecule is CC1C(=O)Nc2ccc(F)cc21.CCCN/C(C)=C(\CC)C(=O)NCC(CC(=O)N(C)C)OCC. The first-order valence-electron chi connectivity index (χ1n) is 12.2. The molecule has 196 valence electrons. The molecule has 1 aromatic carbocycles. The lowest BCUT2D eigenvalue weighted by atomic mass is 10.0. The Labute approximate surface area is 208 Å². The van der Waals surface area contributed by atoms with Crippen LogP contribution in [0.1, 0.15) is 65.4 Å². The molecule has 35 heavy (non-hydrogen) atoms. The summed E-state index contributed by atoms with van der Waals surface area (Å²) in [7, 11) is 3.43. The standard InChI is InChI=1S/C17H33N3O3.C9H8FNO/c1-7-10-18-13(4)15(8-2)17(22)19-12-14(23-9-3)11-16(21)20(5)6;1-5-7-4-6(10)2-3-8(7)11-9(5)12/h14,18H,7-12H2,1-6H3,(H,19,22);2-5H,1H3,(H,11,12)/b15-13+;. The Hall–Kier alpha value is -2.94. The highest BCUT2D eigenvalue weighted by molar-refractivity contribution is 6.02. The Kier molecular flexibility index (Phi) is 13.0. The molecule has 2 unspecified atom stereocenters. The molecule has 2 atom stereocenters. The third-order valence-corrected chi connectivity index (χ3v) is 5.65. The molecule has 0 aliphatic carbocycles. The number of rotatable bonds is 11. The lowest BCUT2D eigenvalue weighted by molar-refractivity contribution is -0.132. The van der Waals surface area contributed by atoms with E-state index >= 15 is 0 Å². The molecule has 1 aliphatic rings. The summed E-state index contributed by atoms with van der Waals surface area (Å²) in [5, 5.41) is 8.81. The zero-order valence-electron chi connectivity index (χ0n) is 22.1. The van der Waals surface area contributed by atoms with Gasteiger partial charge in [-0.15, -0.1) is 0 Å². The highest BCUT2D eigenvalue weighted by Gasteiger charge is 2.26. The van der Waals surface area contributed by atoms with Crippen molar-refractivity contribution in [3.63, 3.8) is 0 Å². The van der Waals surface area contributed by atoms with Crippen LogP contribution in [0, 0.1) is 5.82 Å². The van der Waals surface area contributed by atoms with Gasteiger partial charge >= 0.3 is 0 Å². The van der Waals surface area contributed by atoms with Gasteiger partial charge in [0.2, 0.25) is 17.7 Å². The summed E-state index contributed by atoms with van der Waals surface area (Å²) in [4.78, 5) is 36.8. The van der Waals surface area contributed by atoms with Gasteiger partial charge in [0, 0.05) is 50.7 Å². The van der Waals surface area contributed by atoms with Crippen LogP contribution in [0.5, 0.6) is 0 Å². The topological polar surface area (TPSA) is 99.8 Å². The second-order valence-electron chi connectivity index (χ2n) is 8.61. The van der Waals surface area contributed by atoms with Crippen molar-refractivity contribution in [2.45, 2.75) is 65.9 Å². The minimum absolute atomic E-state index is 0.00949. The number of anilines is 1. The molecular weight excluding hydrogens is 451 g/mol. The van der Waals surface area contributed by atoms with Crippen LogP contribution in [-0.4, -0.2) is 62.5 Å². The normalized spacial score (nSPS) is 15.7. The molecule has 9 heteroatoms. The van der Waals surface area contributed by atoms with E-state index in [1.54, 1.807) is 27.1 Å². The van der Waals surface area contributed by atoms with E-state index in [1.165, 1.54) is 17.0 Å². The predicted octanol–water partition coefficient (Wildman–Crippen LogP) is 3.55. The minimum atomic E-state index is -0.305. The van der Waals surface area contributed by atoms with E-state index in [1.807, 2.05) is 20.8 Å². The van der Waals surface area contributed by atoms with Crippen molar-refractivity contribution in [1.29, 1.82) is 0 Å². The number of hydrogen-bond donors (Lipinski definition) is 3. The van der Waals surface area contributed by atoms with E-state index in [2.05, 4.69) is 22.9 Å². The summed E-state index contributed by atoms with van der Waals surface area (Å²) < 4.78 is 18.3. The van der Waals surface area contributed by atoms with Crippen molar-refractivity contribution < 1.29 is 23.5 Å².